The molecular formula is C13H15BrN4O2. The van der Waals surface area contributed by atoms with Crippen molar-refractivity contribution in [3.63, 3.8) is 0 Å². The molecule has 0 aliphatic carbocycles. The molecule has 0 unspecified atom stereocenters. The van der Waals surface area contributed by atoms with E-state index in [2.05, 4.69) is 21.0 Å². The van der Waals surface area contributed by atoms with Crippen molar-refractivity contribution in [1.29, 1.82) is 5.41 Å². The normalized spacial score (nSPS) is 10.4. The first-order chi connectivity index (χ1) is 9.43. The number of aromatic nitrogens is 2. The predicted molar refractivity (Wildman–Crippen MR) is 79.7 cm³/mol. The fraction of sp³-hybridized carbons (Fsp3) is 0.231. The number of nitrogens with one attached hydrogen (secondary N) is 1. The van der Waals surface area contributed by atoms with Gasteiger partial charge in [-0.2, -0.15) is 5.10 Å². The van der Waals surface area contributed by atoms with E-state index in [-0.39, 0.29) is 5.84 Å². The summed E-state index contributed by atoms with van der Waals surface area (Å²) in [6, 6.07) is 5.36. The maximum absolute atomic E-state index is 7.63. The first-order valence-corrected chi connectivity index (χ1v) is 6.62. The summed E-state index contributed by atoms with van der Waals surface area (Å²) in [5, 5.41) is 11.8. The van der Waals surface area contributed by atoms with Gasteiger partial charge in [0.15, 0.2) is 0 Å². The molecule has 106 valence electrons. The first kappa shape index (κ1) is 14.4. The molecule has 0 atom stereocenters. The molecule has 0 aliphatic rings. The minimum absolute atomic E-state index is 0.0739. The largest absolute Gasteiger partial charge is 0.497 e. The van der Waals surface area contributed by atoms with E-state index in [1.54, 1.807) is 44.0 Å². The topological polar surface area (TPSA) is 86.2 Å². The second-order valence-corrected chi connectivity index (χ2v) is 5.06. The Morgan fingerprint density at radius 1 is 1.45 bits per heavy atom. The summed E-state index contributed by atoms with van der Waals surface area (Å²) in [7, 11) is 3.34. The van der Waals surface area contributed by atoms with Crippen LogP contribution in [0.1, 0.15) is 11.3 Å². The van der Waals surface area contributed by atoms with Crippen molar-refractivity contribution in [1.82, 2.24) is 9.78 Å². The summed E-state index contributed by atoms with van der Waals surface area (Å²) in [5.74, 6) is 1.67. The van der Waals surface area contributed by atoms with E-state index in [0.29, 0.717) is 22.9 Å². The number of aryl methyl sites for hydroxylation is 2. The molecule has 20 heavy (non-hydrogen) atoms. The van der Waals surface area contributed by atoms with Crippen LogP contribution in [0.25, 0.3) is 0 Å². The highest BCUT2D eigenvalue weighted by Gasteiger charge is 2.18. The summed E-state index contributed by atoms with van der Waals surface area (Å²) in [6.45, 7) is 1.78. The van der Waals surface area contributed by atoms with Gasteiger partial charge in [0.05, 0.1) is 17.3 Å². The molecule has 0 amide bonds. The third-order valence-electron chi connectivity index (χ3n) is 2.78. The number of hydrogen-bond donors (Lipinski definition) is 2. The van der Waals surface area contributed by atoms with Crippen LogP contribution in [0.5, 0.6) is 17.4 Å². The van der Waals surface area contributed by atoms with Crippen molar-refractivity contribution in [3.05, 3.63) is 33.9 Å². The Bertz CT molecular complexity index is 667. The monoisotopic (exact) mass is 338 g/mol. The van der Waals surface area contributed by atoms with Crippen LogP contribution in [0.15, 0.2) is 22.7 Å². The molecule has 2 rings (SSSR count). The zero-order valence-electron chi connectivity index (χ0n) is 11.4. The highest BCUT2D eigenvalue weighted by Crippen LogP contribution is 2.34. The average Bonchev–Trinajstić information content (AvgIpc) is 2.66. The number of methoxy groups -OCH3 is 1. The van der Waals surface area contributed by atoms with Gasteiger partial charge in [0.1, 0.15) is 22.9 Å². The zero-order valence-corrected chi connectivity index (χ0v) is 13.0. The SMILES string of the molecule is COc1ccc(Oc2c(C(=N)N)c(C)nn2C)c(Br)c1. The van der Waals surface area contributed by atoms with E-state index < -0.39 is 0 Å². The number of rotatable bonds is 4. The molecule has 7 heteroatoms. The predicted octanol–water partition coefficient (Wildman–Crippen LogP) is 2.58. The van der Waals surface area contributed by atoms with Crippen LogP contribution in [-0.2, 0) is 7.05 Å². The number of nitrogen functional groups attached to an aromatic ring is 1. The van der Waals surface area contributed by atoms with Crippen molar-refractivity contribution >= 4 is 21.8 Å². The quantitative estimate of drug-likeness (QED) is 0.662. The van der Waals surface area contributed by atoms with E-state index in [4.69, 9.17) is 20.6 Å². The second-order valence-electron chi connectivity index (χ2n) is 4.20. The molecule has 0 saturated heterocycles. The maximum atomic E-state index is 7.63. The van der Waals surface area contributed by atoms with Gasteiger partial charge in [0.2, 0.25) is 5.88 Å². The van der Waals surface area contributed by atoms with Gasteiger partial charge in [-0.3, -0.25) is 5.41 Å². The number of benzene rings is 1. The van der Waals surface area contributed by atoms with Gasteiger partial charge in [-0.1, -0.05) is 0 Å². The molecule has 1 heterocycles. The molecule has 0 saturated carbocycles. The third kappa shape index (κ3) is 2.62. The lowest BCUT2D eigenvalue weighted by Crippen LogP contribution is -2.13. The molecule has 2 aromatic rings. The van der Waals surface area contributed by atoms with E-state index >= 15 is 0 Å². The first-order valence-electron chi connectivity index (χ1n) is 5.83. The fourth-order valence-corrected chi connectivity index (χ4v) is 2.30. The average molecular weight is 339 g/mol. The minimum Gasteiger partial charge on any atom is -0.497 e. The Hall–Kier alpha value is -2.02. The van der Waals surface area contributed by atoms with Gasteiger partial charge >= 0.3 is 0 Å². The fourth-order valence-electron chi connectivity index (χ4n) is 1.86. The molecule has 1 aromatic carbocycles. The van der Waals surface area contributed by atoms with Crippen LogP contribution in [0.2, 0.25) is 0 Å². The van der Waals surface area contributed by atoms with Gasteiger partial charge < -0.3 is 15.2 Å². The van der Waals surface area contributed by atoms with Crippen LogP contribution in [0.3, 0.4) is 0 Å². The number of nitrogens with two attached hydrogens (primary N) is 1. The van der Waals surface area contributed by atoms with E-state index in [9.17, 15) is 0 Å². The molecule has 1 aromatic heterocycles. The number of nitrogens with zero attached hydrogens (tertiary/aromatic N) is 2. The summed E-state index contributed by atoms with van der Waals surface area (Å²) in [6.07, 6.45) is 0. The van der Waals surface area contributed by atoms with Crippen molar-refractivity contribution in [3.8, 4) is 17.4 Å². The standard InChI is InChI=1S/C13H15BrN4O2/c1-7-11(12(15)16)13(18(2)17-7)20-10-5-4-8(19-3)6-9(10)14/h4-6H,1-3H3,(H3,15,16). The Labute approximate surface area is 125 Å². The Morgan fingerprint density at radius 2 is 2.15 bits per heavy atom. The molecular weight excluding hydrogens is 324 g/mol. The minimum atomic E-state index is -0.0739. The number of amidine groups is 1. The molecule has 0 spiro atoms. The van der Waals surface area contributed by atoms with Crippen LogP contribution < -0.4 is 15.2 Å². The summed E-state index contributed by atoms with van der Waals surface area (Å²) in [5.41, 5.74) is 6.73. The summed E-state index contributed by atoms with van der Waals surface area (Å²) in [4.78, 5) is 0. The highest BCUT2D eigenvalue weighted by molar-refractivity contribution is 9.10. The van der Waals surface area contributed by atoms with E-state index in [1.807, 2.05) is 0 Å². The molecule has 0 radical (unpaired) electrons. The maximum Gasteiger partial charge on any atom is 0.228 e. The third-order valence-corrected chi connectivity index (χ3v) is 3.40. The Morgan fingerprint density at radius 3 is 2.70 bits per heavy atom. The molecule has 3 N–H and O–H groups in total. The summed E-state index contributed by atoms with van der Waals surface area (Å²) >= 11 is 3.42. The molecule has 0 bridgehead atoms. The molecule has 0 fully saturated rings. The summed E-state index contributed by atoms with van der Waals surface area (Å²) < 4.78 is 13.3. The van der Waals surface area contributed by atoms with Gasteiger partial charge in [-0.15, -0.1) is 0 Å². The van der Waals surface area contributed by atoms with Crippen LogP contribution >= 0.6 is 15.9 Å². The number of halogens is 1. The van der Waals surface area contributed by atoms with Crippen LogP contribution in [-0.4, -0.2) is 22.7 Å². The van der Waals surface area contributed by atoms with Gasteiger partial charge in [-0.25, -0.2) is 4.68 Å². The smallest absolute Gasteiger partial charge is 0.228 e. The lowest BCUT2D eigenvalue weighted by molar-refractivity contribution is 0.407. The lowest BCUT2D eigenvalue weighted by atomic mass is 10.2. The number of ether oxygens (including phenoxy) is 2. The van der Waals surface area contributed by atoms with Gasteiger partial charge in [0, 0.05) is 7.05 Å². The van der Waals surface area contributed by atoms with Crippen LogP contribution in [0.4, 0.5) is 0 Å². The second kappa shape index (κ2) is 5.54. The van der Waals surface area contributed by atoms with Crippen molar-refractivity contribution < 1.29 is 9.47 Å². The van der Waals surface area contributed by atoms with Crippen molar-refractivity contribution in [2.24, 2.45) is 12.8 Å². The van der Waals surface area contributed by atoms with E-state index in [0.717, 1.165) is 10.2 Å². The zero-order chi connectivity index (χ0) is 14.9. The van der Waals surface area contributed by atoms with Gasteiger partial charge in [0.25, 0.3) is 0 Å². The number of hydrogen-bond acceptors (Lipinski definition) is 4. The van der Waals surface area contributed by atoms with Crippen molar-refractivity contribution in [2.75, 3.05) is 7.11 Å². The Kier molecular flexibility index (Phi) is 3.99. The lowest BCUT2D eigenvalue weighted by Gasteiger charge is -2.10. The van der Waals surface area contributed by atoms with Gasteiger partial charge in [-0.05, 0) is 41.1 Å². The van der Waals surface area contributed by atoms with Crippen LogP contribution in [0, 0.1) is 12.3 Å². The molecule has 0 aliphatic heterocycles. The highest BCUT2D eigenvalue weighted by atomic mass is 79.9. The van der Waals surface area contributed by atoms with E-state index in [1.165, 1.54) is 0 Å². The molecule has 6 nitrogen and oxygen atoms in total. The Balaban J connectivity index is 2.42. The van der Waals surface area contributed by atoms with Crippen molar-refractivity contribution in [2.45, 2.75) is 6.92 Å².